The maximum absolute atomic E-state index is 11.2. The van der Waals surface area contributed by atoms with Gasteiger partial charge >= 0.3 is 0 Å². The van der Waals surface area contributed by atoms with E-state index in [9.17, 15) is 9.59 Å². The lowest BCUT2D eigenvalue weighted by molar-refractivity contribution is -0.107. The Hall–Kier alpha value is -2.62. The number of para-hydroxylation sites is 1. The zero-order valence-electron chi connectivity index (χ0n) is 9.61. The molecule has 90 valence electrons. The first-order chi connectivity index (χ1) is 8.85. The first-order valence-electron chi connectivity index (χ1n) is 5.45. The van der Waals surface area contributed by atoms with Crippen LogP contribution in [0.25, 0.3) is 0 Å². The Morgan fingerprint density at radius 2 is 1.44 bits per heavy atom. The summed E-state index contributed by atoms with van der Waals surface area (Å²) in [5.74, 6) is 0. The molecule has 0 aliphatic rings. The van der Waals surface area contributed by atoms with Gasteiger partial charge in [-0.25, -0.2) is 0 Å². The predicted molar refractivity (Wildman–Crippen MR) is 70.8 cm³/mol. The molecule has 2 aromatic carbocycles. The van der Waals surface area contributed by atoms with Crippen LogP contribution in [0, 0.1) is 0 Å². The molecular weight excluding hydrogens is 228 g/mol. The van der Waals surface area contributed by atoms with Crippen molar-refractivity contribution >= 4 is 29.9 Å². The molecule has 2 amide bonds. The average molecular weight is 240 g/mol. The lowest BCUT2D eigenvalue weighted by Crippen LogP contribution is -2.13. The van der Waals surface area contributed by atoms with Gasteiger partial charge < -0.3 is 5.32 Å². The summed E-state index contributed by atoms with van der Waals surface area (Å²) < 4.78 is 0. The number of benzene rings is 2. The second-order valence-electron chi connectivity index (χ2n) is 3.62. The van der Waals surface area contributed by atoms with Crippen LogP contribution < -0.4 is 10.2 Å². The number of hydrogen-bond donors (Lipinski definition) is 1. The molecule has 0 aromatic heterocycles. The van der Waals surface area contributed by atoms with Crippen LogP contribution in [-0.4, -0.2) is 12.8 Å². The maximum atomic E-state index is 11.2. The molecule has 0 aliphatic heterocycles. The molecule has 0 heterocycles. The smallest absolute Gasteiger partial charge is 0.218 e. The van der Waals surface area contributed by atoms with Gasteiger partial charge in [0.25, 0.3) is 0 Å². The van der Waals surface area contributed by atoms with E-state index in [1.807, 2.05) is 30.3 Å². The van der Waals surface area contributed by atoms with Crippen molar-refractivity contribution in [1.29, 1.82) is 0 Å². The van der Waals surface area contributed by atoms with Crippen molar-refractivity contribution in [3.8, 4) is 0 Å². The number of nitrogens with one attached hydrogen (secondary N) is 1. The predicted octanol–water partition coefficient (Wildman–Crippen LogP) is 2.55. The summed E-state index contributed by atoms with van der Waals surface area (Å²) in [4.78, 5) is 23.0. The monoisotopic (exact) mass is 240 g/mol. The summed E-state index contributed by atoms with van der Waals surface area (Å²) >= 11 is 0. The van der Waals surface area contributed by atoms with Gasteiger partial charge in [-0.3, -0.25) is 14.5 Å². The Kier molecular flexibility index (Phi) is 3.71. The van der Waals surface area contributed by atoms with Crippen LogP contribution in [0.4, 0.5) is 17.1 Å². The molecule has 0 spiro atoms. The lowest BCUT2D eigenvalue weighted by Gasteiger charge is -2.17. The normalized spacial score (nSPS) is 9.56. The summed E-state index contributed by atoms with van der Waals surface area (Å²) in [6.07, 6.45) is 1.38. The van der Waals surface area contributed by atoms with Crippen LogP contribution in [0.5, 0.6) is 0 Å². The molecule has 1 N–H and O–H groups in total. The number of carbonyl (C=O) groups is 2. The van der Waals surface area contributed by atoms with Gasteiger partial charge in [0.05, 0.1) is 0 Å². The summed E-state index contributed by atoms with van der Waals surface area (Å²) in [5, 5.41) is 2.54. The number of rotatable bonds is 5. The van der Waals surface area contributed by atoms with Crippen molar-refractivity contribution in [2.24, 2.45) is 0 Å². The van der Waals surface area contributed by atoms with Crippen LogP contribution >= 0.6 is 0 Å². The van der Waals surface area contributed by atoms with Gasteiger partial charge in [0, 0.05) is 17.1 Å². The van der Waals surface area contributed by atoms with Gasteiger partial charge in [0.15, 0.2) is 0 Å². The highest BCUT2D eigenvalue weighted by atomic mass is 16.1. The van der Waals surface area contributed by atoms with E-state index in [-0.39, 0.29) is 0 Å². The molecular formula is C14H12N2O2. The highest BCUT2D eigenvalue weighted by Crippen LogP contribution is 2.24. The first-order valence-corrected chi connectivity index (χ1v) is 5.45. The van der Waals surface area contributed by atoms with E-state index in [2.05, 4.69) is 5.32 Å². The van der Waals surface area contributed by atoms with Crippen LogP contribution in [-0.2, 0) is 9.59 Å². The van der Waals surface area contributed by atoms with Crippen LogP contribution in [0.3, 0.4) is 0 Å². The summed E-state index contributed by atoms with van der Waals surface area (Å²) in [6, 6.07) is 16.4. The quantitative estimate of drug-likeness (QED) is 0.816. The Balaban J connectivity index is 2.28. The van der Waals surface area contributed by atoms with Crippen molar-refractivity contribution in [1.82, 2.24) is 0 Å². The lowest BCUT2D eigenvalue weighted by atomic mass is 10.2. The van der Waals surface area contributed by atoms with E-state index < -0.39 is 0 Å². The number of anilines is 3. The molecule has 0 atom stereocenters. The molecule has 0 bridgehead atoms. The number of hydrogen-bond acceptors (Lipinski definition) is 2. The van der Waals surface area contributed by atoms with E-state index in [4.69, 9.17) is 0 Å². The Morgan fingerprint density at radius 1 is 0.833 bits per heavy atom. The molecule has 4 nitrogen and oxygen atoms in total. The van der Waals surface area contributed by atoms with E-state index >= 15 is 0 Å². The van der Waals surface area contributed by atoms with E-state index in [1.54, 1.807) is 24.3 Å². The standard InChI is InChI=1S/C14H12N2O2/c17-10-15-12-6-8-14(9-7-12)16(11-18)13-4-2-1-3-5-13/h1-11H,(H,15,17). The molecule has 2 aromatic rings. The second kappa shape index (κ2) is 5.63. The highest BCUT2D eigenvalue weighted by molar-refractivity contribution is 5.87. The Labute approximate surface area is 105 Å². The minimum Gasteiger partial charge on any atom is -0.329 e. The highest BCUT2D eigenvalue weighted by Gasteiger charge is 2.06. The van der Waals surface area contributed by atoms with Crippen LogP contribution in [0.2, 0.25) is 0 Å². The molecule has 2 rings (SSSR count). The van der Waals surface area contributed by atoms with E-state index in [0.29, 0.717) is 12.1 Å². The van der Waals surface area contributed by atoms with Gasteiger partial charge in [-0.1, -0.05) is 18.2 Å². The van der Waals surface area contributed by atoms with Gasteiger partial charge in [0.1, 0.15) is 0 Å². The van der Waals surface area contributed by atoms with Gasteiger partial charge in [-0.2, -0.15) is 0 Å². The minimum absolute atomic E-state index is 0.615. The summed E-state index contributed by atoms with van der Waals surface area (Å²) in [5.41, 5.74) is 2.23. The van der Waals surface area contributed by atoms with Crippen LogP contribution in [0.15, 0.2) is 54.6 Å². The molecule has 0 fully saturated rings. The number of nitrogens with zero attached hydrogens (tertiary/aromatic N) is 1. The number of carbonyl (C=O) groups excluding carboxylic acids is 2. The Bertz CT molecular complexity index is 523. The minimum atomic E-state index is 0.615. The second-order valence-corrected chi connectivity index (χ2v) is 3.62. The topological polar surface area (TPSA) is 49.4 Å². The largest absolute Gasteiger partial charge is 0.329 e. The third-order valence-corrected chi connectivity index (χ3v) is 2.51. The van der Waals surface area contributed by atoms with Gasteiger partial charge in [0.2, 0.25) is 12.8 Å². The maximum Gasteiger partial charge on any atom is 0.218 e. The van der Waals surface area contributed by atoms with Gasteiger partial charge in [-0.05, 0) is 36.4 Å². The van der Waals surface area contributed by atoms with Crippen molar-refractivity contribution in [2.45, 2.75) is 0 Å². The fourth-order valence-corrected chi connectivity index (χ4v) is 1.65. The molecule has 4 heteroatoms. The van der Waals surface area contributed by atoms with Crippen LogP contribution in [0.1, 0.15) is 0 Å². The fourth-order valence-electron chi connectivity index (χ4n) is 1.65. The zero-order valence-corrected chi connectivity index (χ0v) is 9.61. The molecule has 0 aliphatic carbocycles. The van der Waals surface area contributed by atoms with Gasteiger partial charge in [-0.15, -0.1) is 0 Å². The van der Waals surface area contributed by atoms with Crippen molar-refractivity contribution < 1.29 is 9.59 Å². The molecule has 0 saturated carbocycles. The third-order valence-electron chi connectivity index (χ3n) is 2.51. The average Bonchev–Trinajstić information content (AvgIpc) is 2.43. The molecule has 0 unspecified atom stereocenters. The zero-order chi connectivity index (χ0) is 12.8. The summed E-state index contributed by atoms with van der Waals surface area (Å²) in [6.45, 7) is 0. The van der Waals surface area contributed by atoms with Crippen molar-refractivity contribution in [3.63, 3.8) is 0 Å². The fraction of sp³-hybridized carbons (Fsp3) is 0. The van der Waals surface area contributed by atoms with E-state index in [1.165, 1.54) is 4.90 Å². The van der Waals surface area contributed by atoms with Crippen molar-refractivity contribution in [3.05, 3.63) is 54.6 Å². The Morgan fingerprint density at radius 3 is 2.00 bits per heavy atom. The molecule has 0 saturated heterocycles. The molecule has 0 radical (unpaired) electrons. The number of amides is 2. The summed E-state index contributed by atoms with van der Waals surface area (Å²) in [7, 11) is 0. The molecule has 18 heavy (non-hydrogen) atoms. The van der Waals surface area contributed by atoms with Crippen molar-refractivity contribution in [2.75, 3.05) is 10.2 Å². The SMILES string of the molecule is O=CNc1ccc(N(C=O)c2ccccc2)cc1. The first kappa shape index (κ1) is 11.9. The third kappa shape index (κ3) is 2.55. The van der Waals surface area contributed by atoms with E-state index in [0.717, 1.165) is 17.8 Å².